The Balaban J connectivity index is 1.77. The second-order valence-electron chi connectivity index (χ2n) is 6.88. The van der Waals surface area contributed by atoms with E-state index >= 15 is 0 Å². The highest BCUT2D eigenvalue weighted by atomic mass is 127. The molecule has 0 radical (unpaired) electrons. The number of benzene rings is 2. The van der Waals surface area contributed by atoms with Crippen LogP contribution in [-0.2, 0) is 11.2 Å². The van der Waals surface area contributed by atoms with Gasteiger partial charge in [-0.25, -0.2) is 0 Å². The van der Waals surface area contributed by atoms with Gasteiger partial charge in [0.2, 0.25) is 0 Å². The number of hydrogen-bond donors (Lipinski definition) is 1. The van der Waals surface area contributed by atoms with Crippen molar-refractivity contribution in [2.24, 2.45) is 5.92 Å². The number of anilines is 1. The number of rotatable bonds is 4. The van der Waals surface area contributed by atoms with Crippen LogP contribution < -0.4 is 14.8 Å². The molecule has 138 valence electrons. The molecule has 0 unspecified atom stereocenters. The molecule has 3 atom stereocenters. The number of halogens is 1. The average molecular weight is 465 g/mol. The quantitative estimate of drug-likeness (QED) is 0.637. The van der Waals surface area contributed by atoms with Crippen molar-refractivity contribution >= 4 is 28.3 Å². The molecule has 0 spiro atoms. The van der Waals surface area contributed by atoms with Crippen molar-refractivity contribution in [1.29, 1.82) is 0 Å². The molecule has 2 heterocycles. The van der Waals surface area contributed by atoms with E-state index in [4.69, 9.17) is 14.2 Å². The summed E-state index contributed by atoms with van der Waals surface area (Å²) in [5, 5.41) is 3.77. The number of ether oxygens (including phenoxy) is 3. The maximum absolute atomic E-state index is 6.17. The fraction of sp³-hybridized carbons (Fsp3) is 0.429. The third-order valence-corrected chi connectivity index (χ3v) is 6.32. The summed E-state index contributed by atoms with van der Waals surface area (Å²) < 4.78 is 18.3. The summed E-state index contributed by atoms with van der Waals surface area (Å²) in [6, 6.07) is 11.2. The van der Waals surface area contributed by atoms with Crippen molar-refractivity contribution in [3.8, 4) is 11.5 Å². The molecule has 2 aromatic rings. The Morgan fingerprint density at radius 2 is 2.04 bits per heavy atom. The van der Waals surface area contributed by atoms with Gasteiger partial charge in [-0.15, -0.1) is 0 Å². The first-order valence-corrected chi connectivity index (χ1v) is 10.2. The fourth-order valence-electron chi connectivity index (χ4n) is 4.19. The molecular formula is C21H24INO3. The molecule has 0 aromatic heterocycles. The standard InChI is InChI=1S/C21H24INO3/c1-4-12-5-6-17-15(9-12)20-14(7-8-26-20)19(23-17)13-10-16(22)21(25-3)18(11-13)24-2/h5-6,9-11,14,19-20,23H,4,7-8H2,1-3H3/t14-,19-,20-/m0/s1. The van der Waals surface area contributed by atoms with Crippen LogP contribution in [0.25, 0.3) is 0 Å². The van der Waals surface area contributed by atoms with Crippen LogP contribution in [-0.4, -0.2) is 20.8 Å². The SMILES string of the molecule is CCc1ccc2c(c1)[C@H]1OCC[C@H]1[C@H](c1cc(I)c(OC)c(OC)c1)N2. The first-order chi connectivity index (χ1) is 12.7. The zero-order chi connectivity index (χ0) is 18.3. The monoisotopic (exact) mass is 465 g/mol. The number of nitrogens with one attached hydrogen (secondary N) is 1. The van der Waals surface area contributed by atoms with Crippen molar-refractivity contribution in [1.82, 2.24) is 0 Å². The lowest BCUT2D eigenvalue weighted by atomic mass is 9.80. The van der Waals surface area contributed by atoms with E-state index in [0.717, 1.165) is 34.5 Å². The highest BCUT2D eigenvalue weighted by Gasteiger charge is 2.41. The van der Waals surface area contributed by atoms with Crippen molar-refractivity contribution in [2.75, 3.05) is 26.1 Å². The first kappa shape index (κ1) is 17.9. The van der Waals surface area contributed by atoms with Gasteiger partial charge in [-0.05, 0) is 64.8 Å². The summed E-state index contributed by atoms with van der Waals surface area (Å²) in [5.74, 6) is 1.99. The highest BCUT2D eigenvalue weighted by molar-refractivity contribution is 14.1. The van der Waals surface area contributed by atoms with E-state index in [-0.39, 0.29) is 12.1 Å². The van der Waals surface area contributed by atoms with Crippen LogP contribution in [0.4, 0.5) is 5.69 Å². The van der Waals surface area contributed by atoms with E-state index in [2.05, 4.69) is 65.2 Å². The molecule has 4 rings (SSSR count). The number of hydrogen-bond acceptors (Lipinski definition) is 4. The Bertz CT molecular complexity index is 823. The van der Waals surface area contributed by atoms with Crippen molar-refractivity contribution < 1.29 is 14.2 Å². The predicted octanol–water partition coefficient (Wildman–Crippen LogP) is 5.12. The van der Waals surface area contributed by atoms with Gasteiger partial charge in [-0.2, -0.15) is 0 Å². The van der Waals surface area contributed by atoms with Crippen LogP contribution in [0.2, 0.25) is 0 Å². The zero-order valence-electron chi connectivity index (χ0n) is 15.3. The summed E-state index contributed by atoms with van der Waals surface area (Å²) >= 11 is 2.32. The molecule has 5 heteroatoms. The minimum Gasteiger partial charge on any atom is -0.493 e. The van der Waals surface area contributed by atoms with Gasteiger partial charge in [0, 0.05) is 23.8 Å². The zero-order valence-corrected chi connectivity index (χ0v) is 17.5. The molecule has 2 aliphatic rings. The number of fused-ring (bicyclic) bond motifs is 3. The summed E-state index contributed by atoms with van der Waals surface area (Å²) in [7, 11) is 3.37. The van der Waals surface area contributed by atoms with E-state index in [0.29, 0.717) is 5.92 Å². The van der Waals surface area contributed by atoms with Gasteiger partial charge >= 0.3 is 0 Å². The Hall–Kier alpha value is -1.47. The molecule has 2 aliphatic heterocycles. The molecular weight excluding hydrogens is 441 g/mol. The van der Waals surface area contributed by atoms with Crippen LogP contribution in [0.3, 0.4) is 0 Å². The molecule has 1 N–H and O–H groups in total. The lowest BCUT2D eigenvalue weighted by Gasteiger charge is -2.37. The van der Waals surface area contributed by atoms with Gasteiger partial charge in [0.05, 0.1) is 29.9 Å². The second kappa shape index (κ2) is 7.27. The van der Waals surface area contributed by atoms with E-state index in [1.807, 2.05) is 0 Å². The molecule has 26 heavy (non-hydrogen) atoms. The third-order valence-electron chi connectivity index (χ3n) is 5.52. The van der Waals surface area contributed by atoms with Gasteiger partial charge in [-0.3, -0.25) is 0 Å². The second-order valence-corrected chi connectivity index (χ2v) is 8.04. The predicted molar refractivity (Wildman–Crippen MR) is 111 cm³/mol. The molecule has 0 saturated carbocycles. The summed E-state index contributed by atoms with van der Waals surface area (Å²) in [6.07, 6.45) is 2.26. The third kappa shape index (κ3) is 2.95. The van der Waals surface area contributed by atoms with E-state index in [1.165, 1.54) is 22.4 Å². The van der Waals surface area contributed by atoms with Crippen LogP contribution >= 0.6 is 22.6 Å². The molecule has 4 nitrogen and oxygen atoms in total. The smallest absolute Gasteiger partial charge is 0.174 e. The van der Waals surface area contributed by atoms with Gasteiger partial charge in [0.1, 0.15) is 0 Å². The maximum atomic E-state index is 6.17. The normalized spacial score (nSPS) is 23.8. The minimum absolute atomic E-state index is 0.161. The first-order valence-electron chi connectivity index (χ1n) is 9.08. The van der Waals surface area contributed by atoms with Gasteiger partial charge < -0.3 is 19.5 Å². The van der Waals surface area contributed by atoms with Crippen LogP contribution in [0.15, 0.2) is 30.3 Å². The summed E-state index contributed by atoms with van der Waals surface area (Å²) in [4.78, 5) is 0. The van der Waals surface area contributed by atoms with E-state index in [1.54, 1.807) is 14.2 Å². The Kier molecular flexibility index (Phi) is 5.01. The van der Waals surface area contributed by atoms with Crippen molar-refractivity contribution in [2.45, 2.75) is 31.9 Å². The van der Waals surface area contributed by atoms with Crippen LogP contribution in [0.1, 0.15) is 42.2 Å². The minimum atomic E-state index is 0.161. The Morgan fingerprint density at radius 1 is 1.19 bits per heavy atom. The Morgan fingerprint density at radius 3 is 2.77 bits per heavy atom. The fourth-order valence-corrected chi connectivity index (χ4v) is 5.04. The summed E-state index contributed by atoms with van der Waals surface area (Å²) in [6.45, 7) is 3.01. The largest absolute Gasteiger partial charge is 0.493 e. The van der Waals surface area contributed by atoms with Crippen molar-refractivity contribution in [3.05, 3.63) is 50.6 Å². The van der Waals surface area contributed by atoms with Gasteiger partial charge in [-0.1, -0.05) is 19.1 Å². The molecule has 0 aliphatic carbocycles. The highest BCUT2D eigenvalue weighted by Crippen LogP contribution is 2.51. The molecule has 0 bridgehead atoms. The number of aryl methyl sites for hydroxylation is 1. The van der Waals surface area contributed by atoms with E-state index in [9.17, 15) is 0 Å². The maximum Gasteiger partial charge on any atom is 0.174 e. The van der Waals surface area contributed by atoms with Crippen molar-refractivity contribution in [3.63, 3.8) is 0 Å². The lowest BCUT2D eigenvalue weighted by Crippen LogP contribution is -2.29. The molecule has 1 fully saturated rings. The summed E-state index contributed by atoms with van der Waals surface area (Å²) in [5.41, 5.74) is 5.06. The van der Waals surface area contributed by atoms with Crippen LogP contribution in [0.5, 0.6) is 11.5 Å². The van der Waals surface area contributed by atoms with Gasteiger partial charge in [0.25, 0.3) is 0 Å². The average Bonchev–Trinajstić information content (AvgIpc) is 3.16. The topological polar surface area (TPSA) is 39.7 Å². The lowest BCUT2D eigenvalue weighted by molar-refractivity contribution is 0.0828. The Labute approximate surface area is 168 Å². The number of methoxy groups -OCH3 is 2. The van der Waals surface area contributed by atoms with Gasteiger partial charge in [0.15, 0.2) is 11.5 Å². The molecule has 2 aromatic carbocycles. The van der Waals surface area contributed by atoms with Crippen LogP contribution in [0, 0.1) is 9.49 Å². The molecule has 1 saturated heterocycles. The van der Waals surface area contributed by atoms with E-state index < -0.39 is 0 Å². The molecule has 0 amide bonds.